The highest BCUT2D eigenvalue weighted by Gasteiger charge is 2.48. The number of aliphatic hydroxyl groups excluding tert-OH is 1. The van der Waals surface area contributed by atoms with Crippen molar-refractivity contribution < 1.29 is 24.5 Å². The molecule has 1 fully saturated rings. The van der Waals surface area contributed by atoms with Gasteiger partial charge < -0.3 is 14.9 Å². The molecule has 1 aliphatic heterocycles. The third-order valence-electron chi connectivity index (χ3n) is 7.53. The number of nitrogens with zero attached hydrogens (tertiary/aromatic N) is 3. The molecule has 44 heavy (non-hydrogen) atoms. The fraction of sp³-hybridized carbons (Fsp3) is 0.176. The average molecular weight is 624 g/mol. The molecule has 6 rings (SSSR count). The first-order chi connectivity index (χ1) is 21.3. The van der Waals surface area contributed by atoms with E-state index in [2.05, 4.69) is 34.5 Å². The summed E-state index contributed by atoms with van der Waals surface area (Å²) in [4.78, 5) is 28.6. The van der Waals surface area contributed by atoms with Gasteiger partial charge in [-0.3, -0.25) is 14.5 Å². The number of carbonyl (C=O) groups excluding carboxylic acids is 2. The van der Waals surface area contributed by atoms with E-state index in [0.29, 0.717) is 27.8 Å². The lowest BCUT2D eigenvalue weighted by Crippen LogP contribution is -2.29. The van der Waals surface area contributed by atoms with Gasteiger partial charge in [0.2, 0.25) is 5.13 Å². The molecule has 10 heteroatoms. The van der Waals surface area contributed by atoms with Crippen molar-refractivity contribution in [1.82, 2.24) is 10.2 Å². The van der Waals surface area contributed by atoms with Crippen LogP contribution >= 0.6 is 23.1 Å². The molecule has 1 aromatic heterocycles. The van der Waals surface area contributed by atoms with Crippen molar-refractivity contribution in [3.05, 3.63) is 112 Å². The van der Waals surface area contributed by atoms with E-state index in [4.69, 9.17) is 4.74 Å². The number of ether oxygens (including phenoxy) is 1. The summed E-state index contributed by atoms with van der Waals surface area (Å²) in [5.41, 5.74) is 3.64. The molecule has 2 N–H and O–H groups in total. The molecule has 1 amide bonds. The minimum absolute atomic E-state index is 0.0722. The number of Topliss-reactive ketones (excluding diaryl/α,β-unsaturated/α-hetero) is 1. The Morgan fingerprint density at radius 2 is 1.80 bits per heavy atom. The van der Waals surface area contributed by atoms with Crippen molar-refractivity contribution >= 4 is 56.5 Å². The van der Waals surface area contributed by atoms with Crippen LogP contribution in [0.2, 0.25) is 0 Å². The third-order valence-corrected chi connectivity index (χ3v) is 9.63. The first-order valence-electron chi connectivity index (χ1n) is 14.0. The number of amides is 1. The molecule has 0 saturated carbocycles. The number of rotatable bonds is 8. The van der Waals surface area contributed by atoms with Gasteiger partial charge in [0.1, 0.15) is 5.76 Å². The fourth-order valence-electron chi connectivity index (χ4n) is 5.37. The van der Waals surface area contributed by atoms with Gasteiger partial charge in [0.05, 0.1) is 18.2 Å². The summed E-state index contributed by atoms with van der Waals surface area (Å²) < 4.78 is 6.24. The number of carbonyl (C=O) groups is 2. The molecule has 1 unspecified atom stereocenters. The Bertz CT molecular complexity index is 1950. The second-order valence-electron chi connectivity index (χ2n) is 10.4. The number of ketones is 1. The van der Waals surface area contributed by atoms with Crippen molar-refractivity contribution in [2.45, 2.75) is 36.9 Å². The van der Waals surface area contributed by atoms with Gasteiger partial charge in [-0.2, -0.15) is 0 Å². The number of hydrogen-bond donors (Lipinski definition) is 2. The van der Waals surface area contributed by atoms with E-state index >= 15 is 0 Å². The standard InChI is InChI=1S/C34H29N3O5S2/c1-4-42-27-17-22(14-15-26(27)38)29-28(30(39)25-16-19(2)12-13-20(25)3)31(40)32(41)37(29)33-35-36-34(44-33)43-18-23-10-7-9-21-8-5-6-11-24(21)23/h5-17,29,38-39H,4,18H2,1-3H3/b30-28+. The van der Waals surface area contributed by atoms with E-state index in [-0.39, 0.29) is 28.0 Å². The maximum Gasteiger partial charge on any atom is 0.301 e. The van der Waals surface area contributed by atoms with Gasteiger partial charge in [-0.05, 0) is 66.4 Å². The van der Waals surface area contributed by atoms with E-state index in [9.17, 15) is 19.8 Å². The molecular weight excluding hydrogens is 595 g/mol. The Hall–Kier alpha value is -4.67. The Kier molecular flexibility index (Phi) is 8.11. The molecule has 0 radical (unpaired) electrons. The average Bonchev–Trinajstić information content (AvgIpc) is 3.59. The number of aromatic hydroxyl groups is 1. The Morgan fingerprint density at radius 3 is 2.61 bits per heavy atom. The molecule has 1 aliphatic rings. The minimum atomic E-state index is -1.03. The lowest BCUT2D eigenvalue weighted by atomic mass is 9.93. The van der Waals surface area contributed by atoms with Crippen molar-refractivity contribution in [3.63, 3.8) is 0 Å². The van der Waals surface area contributed by atoms with Gasteiger partial charge in [0.15, 0.2) is 15.8 Å². The number of hydrogen-bond acceptors (Lipinski definition) is 9. The zero-order valence-electron chi connectivity index (χ0n) is 24.3. The summed E-state index contributed by atoms with van der Waals surface area (Å²) in [7, 11) is 0. The molecule has 0 aliphatic carbocycles. The fourth-order valence-corrected chi connectivity index (χ4v) is 7.24. The van der Waals surface area contributed by atoms with Crippen LogP contribution in [0.4, 0.5) is 5.13 Å². The van der Waals surface area contributed by atoms with Gasteiger partial charge in [-0.1, -0.05) is 89.3 Å². The van der Waals surface area contributed by atoms with Gasteiger partial charge in [-0.25, -0.2) is 0 Å². The van der Waals surface area contributed by atoms with Crippen LogP contribution in [0.1, 0.15) is 40.8 Å². The molecule has 1 saturated heterocycles. The monoisotopic (exact) mass is 623 g/mol. The predicted octanol–water partition coefficient (Wildman–Crippen LogP) is 7.33. The summed E-state index contributed by atoms with van der Waals surface area (Å²) in [5, 5.41) is 33.2. The van der Waals surface area contributed by atoms with E-state index in [1.165, 1.54) is 34.1 Å². The lowest BCUT2D eigenvalue weighted by Gasteiger charge is -2.23. The zero-order valence-corrected chi connectivity index (χ0v) is 25.9. The highest BCUT2D eigenvalue weighted by atomic mass is 32.2. The van der Waals surface area contributed by atoms with Crippen LogP contribution in [0.5, 0.6) is 11.5 Å². The number of fused-ring (bicyclic) bond motifs is 1. The maximum atomic E-state index is 13.7. The summed E-state index contributed by atoms with van der Waals surface area (Å²) in [6, 6.07) is 23.5. The number of aliphatic hydroxyl groups is 1. The first kappa shape index (κ1) is 29.4. The third kappa shape index (κ3) is 5.42. The summed E-state index contributed by atoms with van der Waals surface area (Å²) in [5.74, 6) is -1.18. The van der Waals surface area contributed by atoms with Gasteiger partial charge in [0.25, 0.3) is 5.78 Å². The van der Waals surface area contributed by atoms with Gasteiger partial charge in [0, 0.05) is 11.3 Å². The van der Waals surface area contributed by atoms with Crippen molar-refractivity contribution in [2.24, 2.45) is 0 Å². The Balaban J connectivity index is 1.42. The number of phenolic OH excluding ortho intramolecular Hbond substituents is 1. The van der Waals surface area contributed by atoms with Crippen LogP contribution in [0, 0.1) is 13.8 Å². The zero-order chi connectivity index (χ0) is 31.0. The Labute approximate surface area is 262 Å². The maximum absolute atomic E-state index is 13.7. The van der Waals surface area contributed by atoms with Crippen LogP contribution in [0.15, 0.2) is 88.8 Å². The highest BCUT2D eigenvalue weighted by molar-refractivity contribution is 8.00. The van der Waals surface area contributed by atoms with Crippen LogP contribution in [0.25, 0.3) is 16.5 Å². The SMILES string of the molecule is CCOc1cc(C2/C(=C(\O)c3cc(C)ccc3C)C(=O)C(=O)N2c2nnc(SCc3cccc4ccccc34)s2)ccc1O. The molecule has 4 aromatic carbocycles. The van der Waals surface area contributed by atoms with Crippen LogP contribution in [-0.2, 0) is 15.3 Å². The normalized spacial score (nSPS) is 16.2. The van der Waals surface area contributed by atoms with E-state index in [1.54, 1.807) is 25.1 Å². The van der Waals surface area contributed by atoms with Crippen LogP contribution in [0.3, 0.4) is 0 Å². The molecule has 5 aromatic rings. The van der Waals surface area contributed by atoms with Crippen molar-refractivity contribution in [3.8, 4) is 11.5 Å². The quantitative estimate of drug-likeness (QED) is 0.0607. The van der Waals surface area contributed by atoms with E-state index in [1.807, 2.05) is 44.2 Å². The second-order valence-corrected chi connectivity index (χ2v) is 12.6. The van der Waals surface area contributed by atoms with Gasteiger partial charge in [-0.15, -0.1) is 10.2 Å². The molecule has 1 atom stereocenters. The predicted molar refractivity (Wildman–Crippen MR) is 173 cm³/mol. The minimum Gasteiger partial charge on any atom is -0.507 e. The van der Waals surface area contributed by atoms with Gasteiger partial charge >= 0.3 is 5.91 Å². The molecule has 0 spiro atoms. The number of aryl methyl sites for hydroxylation is 2. The topological polar surface area (TPSA) is 113 Å². The molecule has 8 nitrogen and oxygen atoms in total. The van der Waals surface area contributed by atoms with Crippen LogP contribution in [-0.4, -0.2) is 38.7 Å². The highest BCUT2D eigenvalue weighted by Crippen LogP contribution is 2.46. The first-order valence-corrected chi connectivity index (χ1v) is 15.8. The number of aromatic nitrogens is 2. The summed E-state index contributed by atoms with van der Waals surface area (Å²) >= 11 is 2.69. The molecule has 222 valence electrons. The largest absolute Gasteiger partial charge is 0.507 e. The van der Waals surface area contributed by atoms with E-state index in [0.717, 1.165) is 27.5 Å². The molecular formula is C34H29N3O5S2. The summed E-state index contributed by atoms with van der Waals surface area (Å²) in [6.07, 6.45) is 0. The lowest BCUT2D eigenvalue weighted by molar-refractivity contribution is -0.132. The molecule has 2 heterocycles. The number of anilines is 1. The summed E-state index contributed by atoms with van der Waals surface area (Å²) in [6.45, 7) is 5.81. The number of thioether (sulfide) groups is 1. The van der Waals surface area contributed by atoms with Crippen molar-refractivity contribution in [2.75, 3.05) is 11.5 Å². The Morgan fingerprint density at radius 1 is 1.00 bits per heavy atom. The molecule has 0 bridgehead atoms. The second kappa shape index (κ2) is 12.1. The number of benzene rings is 4. The van der Waals surface area contributed by atoms with E-state index < -0.39 is 17.7 Å². The number of phenols is 1. The smallest absolute Gasteiger partial charge is 0.301 e. The van der Waals surface area contributed by atoms with Crippen LogP contribution < -0.4 is 9.64 Å². The van der Waals surface area contributed by atoms with Crippen molar-refractivity contribution in [1.29, 1.82) is 0 Å².